The second kappa shape index (κ2) is 8.83. The molecule has 0 saturated carbocycles. The van der Waals surface area contributed by atoms with Crippen LogP contribution in [-0.2, 0) is 22.3 Å². The zero-order valence-electron chi connectivity index (χ0n) is 17.2. The van der Waals surface area contributed by atoms with Crippen LogP contribution in [0.4, 0.5) is 5.82 Å². The van der Waals surface area contributed by atoms with Crippen molar-refractivity contribution in [2.45, 2.75) is 38.2 Å². The van der Waals surface area contributed by atoms with Gasteiger partial charge in [-0.15, -0.1) is 0 Å². The van der Waals surface area contributed by atoms with Crippen molar-refractivity contribution in [1.29, 1.82) is 0 Å². The number of aryl methyl sites for hydroxylation is 1. The lowest BCUT2D eigenvalue weighted by Gasteiger charge is -2.12. The van der Waals surface area contributed by atoms with Gasteiger partial charge in [0.1, 0.15) is 11.6 Å². The largest absolute Gasteiger partial charge is 0.494 e. The van der Waals surface area contributed by atoms with E-state index in [2.05, 4.69) is 17.3 Å². The average molecular weight is 424 g/mol. The number of nitrogens with one attached hydrogen (secondary N) is 1. The molecule has 2 aromatic carbocycles. The summed E-state index contributed by atoms with van der Waals surface area (Å²) < 4.78 is 19.4. The van der Waals surface area contributed by atoms with Crippen molar-refractivity contribution in [2.24, 2.45) is 0 Å². The molecule has 3 aromatic rings. The summed E-state index contributed by atoms with van der Waals surface area (Å²) in [5, 5.41) is 7.63. The summed E-state index contributed by atoms with van der Waals surface area (Å²) >= 11 is 0. The minimum Gasteiger partial charge on any atom is -0.494 e. The molecular weight excluding hydrogens is 398 g/mol. The summed E-state index contributed by atoms with van der Waals surface area (Å²) in [7, 11) is -0.977. The van der Waals surface area contributed by atoms with Gasteiger partial charge in [0, 0.05) is 21.9 Å². The molecule has 1 amide bonds. The van der Waals surface area contributed by atoms with E-state index in [0.717, 1.165) is 41.1 Å². The van der Waals surface area contributed by atoms with Crippen LogP contribution in [0.2, 0.25) is 0 Å². The number of ether oxygens (including phenoxy) is 1. The van der Waals surface area contributed by atoms with Gasteiger partial charge in [-0.25, -0.2) is 4.68 Å². The maximum Gasteiger partial charge on any atom is 0.256 e. The van der Waals surface area contributed by atoms with Crippen LogP contribution in [0.5, 0.6) is 5.75 Å². The number of carbonyl (C=O) groups is 1. The lowest BCUT2D eigenvalue weighted by Crippen LogP contribution is -2.16. The number of amides is 1. The van der Waals surface area contributed by atoms with Gasteiger partial charge in [0.05, 0.1) is 29.5 Å². The molecule has 0 saturated heterocycles. The Morgan fingerprint density at radius 2 is 1.87 bits per heavy atom. The van der Waals surface area contributed by atoms with Crippen LogP contribution in [0, 0.1) is 6.92 Å². The van der Waals surface area contributed by atoms with Crippen molar-refractivity contribution in [2.75, 3.05) is 11.9 Å². The van der Waals surface area contributed by atoms with E-state index in [1.54, 1.807) is 28.9 Å². The third-order valence-corrected chi connectivity index (χ3v) is 6.27. The lowest BCUT2D eigenvalue weighted by atomic mass is 10.2. The molecule has 1 atom stereocenters. The molecule has 1 aliphatic heterocycles. The van der Waals surface area contributed by atoms with Crippen LogP contribution < -0.4 is 10.1 Å². The smallest absolute Gasteiger partial charge is 0.256 e. The van der Waals surface area contributed by atoms with Crippen molar-refractivity contribution in [3.8, 4) is 11.4 Å². The molecule has 1 aromatic heterocycles. The van der Waals surface area contributed by atoms with Crippen LogP contribution in [0.25, 0.3) is 5.69 Å². The van der Waals surface area contributed by atoms with Crippen LogP contribution in [-0.4, -0.2) is 26.5 Å². The Morgan fingerprint density at radius 1 is 1.13 bits per heavy atom. The van der Waals surface area contributed by atoms with Gasteiger partial charge in [0.2, 0.25) is 0 Å². The molecule has 1 aliphatic rings. The van der Waals surface area contributed by atoms with Crippen molar-refractivity contribution < 1.29 is 13.7 Å². The molecule has 1 unspecified atom stereocenters. The predicted octanol–water partition coefficient (Wildman–Crippen LogP) is 4.37. The highest BCUT2D eigenvalue weighted by atomic mass is 32.2. The third kappa shape index (κ3) is 4.31. The van der Waals surface area contributed by atoms with Crippen molar-refractivity contribution >= 4 is 22.5 Å². The molecule has 4 rings (SSSR count). The number of anilines is 1. The SMILES string of the molecule is CCCCOc1ccc(C(=O)Nc2c3c(nn2-c2ccc(C)cc2)CS(=O)C3)cc1. The molecule has 30 heavy (non-hydrogen) atoms. The molecule has 0 fully saturated rings. The van der Waals surface area contributed by atoms with Gasteiger partial charge in [-0.3, -0.25) is 9.00 Å². The zero-order chi connectivity index (χ0) is 21.1. The maximum atomic E-state index is 12.9. The molecule has 0 radical (unpaired) electrons. The summed E-state index contributed by atoms with van der Waals surface area (Å²) in [6.07, 6.45) is 2.07. The molecule has 0 aliphatic carbocycles. The van der Waals surface area contributed by atoms with Gasteiger partial charge in [-0.05, 0) is 49.7 Å². The summed E-state index contributed by atoms with van der Waals surface area (Å²) in [6, 6.07) is 15.1. The first-order valence-electron chi connectivity index (χ1n) is 10.1. The normalized spacial score (nSPS) is 15.1. The van der Waals surface area contributed by atoms with E-state index in [1.807, 2.05) is 31.2 Å². The number of fused-ring (bicyclic) bond motifs is 1. The van der Waals surface area contributed by atoms with E-state index >= 15 is 0 Å². The Labute approximate surface area is 178 Å². The number of hydrogen-bond acceptors (Lipinski definition) is 4. The molecule has 156 valence electrons. The summed E-state index contributed by atoms with van der Waals surface area (Å²) in [4.78, 5) is 12.9. The average Bonchev–Trinajstić information content (AvgIpc) is 3.26. The van der Waals surface area contributed by atoms with Crippen LogP contribution >= 0.6 is 0 Å². The number of hydrogen-bond donors (Lipinski definition) is 1. The molecule has 1 N–H and O–H groups in total. The number of rotatable bonds is 7. The van der Waals surface area contributed by atoms with E-state index in [4.69, 9.17) is 4.74 Å². The van der Waals surface area contributed by atoms with Crippen LogP contribution in [0.3, 0.4) is 0 Å². The third-order valence-electron chi connectivity index (χ3n) is 5.06. The first-order valence-corrected chi connectivity index (χ1v) is 11.6. The van der Waals surface area contributed by atoms with Crippen molar-refractivity contribution in [3.63, 3.8) is 0 Å². The van der Waals surface area contributed by atoms with E-state index in [-0.39, 0.29) is 5.91 Å². The summed E-state index contributed by atoms with van der Waals surface area (Å²) in [5.74, 6) is 1.93. The number of unbranched alkanes of at least 4 members (excludes halogenated alkanes) is 1. The Morgan fingerprint density at radius 3 is 2.57 bits per heavy atom. The topological polar surface area (TPSA) is 73.2 Å². The lowest BCUT2D eigenvalue weighted by molar-refractivity contribution is 0.102. The fraction of sp³-hybridized carbons (Fsp3) is 0.304. The van der Waals surface area contributed by atoms with Gasteiger partial charge in [0.25, 0.3) is 5.91 Å². The highest BCUT2D eigenvalue weighted by Crippen LogP contribution is 2.31. The van der Waals surface area contributed by atoms with Crippen LogP contribution in [0.1, 0.15) is 46.9 Å². The Bertz CT molecular complexity index is 1070. The van der Waals surface area contributed by atoms with E-state index in [0.29, 0.717) is 29.5 Å². The highest BCUT2D eigenvalue weighted by molar-refractivity contribution is 7.83. The zero-order valence-corrected chi connectivity index (χ0v) is 18.0. The second-order valence-electron chi connectivity index (χ2n) is 7.43. The highest BCUT2D eigenvalue weighted by Gasteiger charge is 2.28. The minimum absolute atomic E-state index is 0.233. The van der Waals surface area contributed by atoms with Crippen molar-refractivity contribution in [1.82, 2.24) is 9.78 Å². The van der Waals surface area contributed by atoms with Gasteiger partial charge < -0.3 is 10.1 Å². The van der Waals surface area contributed by atoms with E-state index in [9.17, 15) is 9.00 Å². The van der Waals surface area contributed by atoms with Gasteiger partial charge in [0.15, 0.2) is 0 Å². The molecular formula is C23H25N3O3S. The maximum absolute atomic E-state index is 12.9. The Hall–Kier alpha value is -2.93. The molecule has 7 heteroatoms. The first kappa shape index (κ1) is 20.3. The van der Waals surface area contributed by atoms with Crippen molar-refractivity contribution in [3.05, 3.63) is 70.9 Å². The molecule has 0 spiro atoms. The second-order valence-corrected chi connectivity index (χ2v) is 8.89. The minimum atomic E-state index is -0.977. The summed E-state index contributed by atoms with van der Waals surface area (Å²) in [6.45, 7) is 4.81. The Balaban J connectivity index is 1.58. The van der Waals surface area contributed by atoms with Gasteiger partial charge >= 0.3 is 0 Å². The summed E-state index contributed by atoms with van der Waals surface area (Å²) in [5.41, 5.74) is 4.16. The number of carbonyl (C=O) groups excluding carboxylic acids is 1. The van der Waals surface area contributed by atoms with Gasteiger partial charge in [-0.2, -0.15) is 5.10 Å². The number of benzene rings is 2. The molecule has 0 bridgehead atoms. The molecule has 6 nitrogen and oxygen atoms in total. The molecule has 2 heterocycles. The number of aromatic nitrogens is 2. The fourth-order valence-corrected chi connectivity index (χ4v) is 4.61. The Kier molecular flexibility index (Phi) is 5.99. The predicted molar refractivity (Wildman–Crippen MR) is 119 cm³/mol. The van der Waals surface area contributed by atoms with E-state index < -0.39 is 10.8 Å². The van der Waals surface area contributed by atoms with E-state index in [1.165, 1.54) is 0 Å². The first-order chi connectivity index (χ1) is 14.5. The number of nitrogens with zero attached hydrogens (tertiary/aromatic N) is 2. The fourth-order valence-electron chi connectivity index (χ4n) is 3.35. The van der Waals surface area contributed by atoms with Crippen LogP contribution in [0.15, 0.2) is 48.5 Å². The van der Waals surface area contributed by atoms with Gasteiger partial charge in [-0.1, -0.05) is 31.0 Å². The quantitative estimate of drug-likeness (QED) is 0.573. The standard InChI is InChI=1S/C23H25N3O3S/c1-3-4-13-29-19-11-7-17(8-12-19)23(27)24-22-20-14-30(28)15-21(20)25-26(22)18-9-5-16(2)6-10-18/h5-12H,3-4,13-15H2,1-2H3,(H,24,27). The monoisotopic (exact) mass is 423 g/mol.